The fraction of sp³-hybridized carbons (Fsp3) is 0. The Hall–Kier alpha value is -10.5. The van der Waals surface area contributed by atoms with E-state index in [1.165, 1.54) is 138 Å². The van der Waals surface area contributed by atoms with Crippen LogP contribution >= 0.6 is 0 Å². The van der Waals surface area contributed by atoms with Crippen LogP contribution in [0.25, 0.3) is 144 Å². The minimum Gasteiger partial charge on any atom is -0.309 e. The van der Waals surface area contributed by atoms with Crippen molar-refractivity contribution in [2.45, 2.75) is 0 Å². The number of para-hydroxylation sites is 3. The Bertz CT molecular complexity index is 4790. The van der Waals surface area contributed by atoms with Gasteiger partial charge in [0.1, 0.15) is 0 Å². The van der Waals surface area contributed by atoms with Gasteiger partial charge in [-0.25, -0.2) is 0 Å². The predicted octanol–water partition coefficient (Wildman–Crippen LogP) is 21.2. The number of hydrogen-bond acceptors (Lipinski definition) is 0. The second-order valence-corrected chi connectivity index (χ2v) is 20.8. The normalized spacial score (nSPS) is 11.5. The van der Waals surface area contributed by atoms with Gasteiger partial charge in [0.2, 0.25) is 0 Å². The molecule has 2 heteroatoms. The fourth-order valence-corrected chi connectivity index (χ4v) is 12.3. The molecule has 0 fully saturated rings. The molecule has 374 valence electrons. The van der Waals surface area contributed by atoms with Crippen LogP contribution in [0.3, 0.4) is 0 Å². The number of nitrogens with zero attached hydrogens (tertiary/aromatic N) is 2. The average molecular weight is 1020 g/mol. The van der Waals surface area contributed by atoms with Gasteiger partial charge in [-0.05, 0) is 150 Å². The first-order valence-corrected chi connectivity index (χ1v) is 27.6. The monoisotopic (exact) mass is 1020 g/mol. The summed E-state index contributed by atoms with van der Waals surface area (Å²) in [5, 5.41) is 4.95. The Morgan fingerprint density at radius 3 is 1.07 bits per heavy atom. The van der Waals surface area contributed by atoms with Gasteiger partial charge in [-0.3, -0.25) is 0 Å². The lowest BCUT2D eigenvalue weighted by atomic mass is 9.92. The molecule has 2 aromatic heterocycles. The molecule has 0 unspecified atom stereocenters. The highest BCUT2D eigenvalue weighted by atomic mass is 15.0. The summed E-state index contributed by atoms with van der Waals surface area (Å²) in [5.74, 6) is 0. The summed E-state index contributed by atoms with van der Waals surface area (Å²) in [6, 6.07) is 115. The van der Waals surface area contributed by atoms with E-state index in [1.54, 1.807) is 0 Å². The third-order valence-electron chi connectivity index (χ3n) is 16.2. The van der Waals surface area contributed by atoms with Gasteiger partial charge in [0, 0.05) is 32.8 Å². The van der Waals surface area contributed by atoms with Crippen molar-refractivity contribution in [1.82, 2.24) is 9.13 Å². The van der Waals surface area contributed by atoms with Gasteiger partial charge in [-0.2, -0.15) is 0 Å². The van der Waals surface area contributed by atoms with Gasteiger partial charge in [0.15, 0.2) is 0 Å². The van der Waals surface area contributed by atoms with Crippen molar-refractivity contribution in [1.29, 1.82) is 0 Å². The average Bonchev–Trinajstić information content (AvgIpc) is 4.11. The molecule has 0 aliphatic carbocycles. The van der Waals surface area contributed by atoms with E-state index in [1.807, 2.05) is 0 Å². The van der Waals surface area contributed by atoms with Crippen molar-refractivity contribution in [2.24, 2.45) is 0 Å². The topological polar surface area (TPSA) is 9.86 Å². The van der Waals surface area contributed by atoms with Crippen LogP contribution in [-0.4, -0.2) is 9.13 Å². The smallest absolute Gasteiger partial charge is 0.0541 e. The van der Waals surface area contributed by atoms with Crippen molar-refractivity contribution in [2.75, 3.05) is 0 Å². The first kappa shape index (κ1) is 46.7. The first-order chi connectivity index (χ1) is 39.7. The maximum atomic E-state index is 2.43. The molecule has 0 N–H and O–H groups in total. The highest BCUT2D eigenvalue weighted by Crippen LogP contribution is 2.41. The summed E-state index contributed by atoms with van der Waals surface area (Å²) in [5.41, 5.74) is 26.3. The van der Waals surface area contributed by atoms with Gasteiger partial charge in [0.05, 0.1) is 27.8 Å². The molecule has 0 amide bonds. The Morgan fingerprint density at radius 2 is 0.500 bits per heavy atom. The van der Waals surface area contributed by atoms with Crippen molar-refractivity contribution >= 4 is 43.6 Å². The SMILES string of the molecule is c1ccc(-c2ccccc2-c2cccc(-c3cccc(-c4ccc(-c5ccc(-c6cccc(-n7c8ccccc8c8cc(-c9ccc%10c(c9)c9ccccc9n%10-c9ccccc9-c9ccccc9)ccc87)c6)cc5)cc4)c3)c2)cc1. The lowest BCUT2D eigenvalue weighted by Gasteiger charge is -2.14. The zero-order valence-corrected chi connectivity index (χ0v) is 43.9. The molecule has 2 nitrogen and oxygen atoms in total. The quantitative estimate of drug-likeness (QED) is 0.129. The molecule has 0 atom stereocenters. The van der Waals surface area contributed by atoms with Gasteiger partial charge >= 0.3 is 0 Å². The molecule has 0 saturated heterocycles. The lowest BCUT2D eigenvalue weighted by Crippen LogP contribution is -1.97. The van der Waals surface area contributed by atoms with E-state index in [0.717, 1.165) is 5.69 Å². The highest BCUT2D eigenvalue weighted by molar-refractivity contribution is 6.13. The fourth-order valence-electron chi connectivity index (χ4n) is 12.3. The molecule has 0 spiro atoms. The molecule has 2 heterocycles. The third kappa shape index (κ3) is 8.30. The Labute approximate surface area is 466 Å². The largest absolute Gasteiger partial charge is 0.309 e. The van der Waals surface area contributed by atoms with E-state index >= 15 is 0 Å². The second kappa shape index (κ2) is 19.8. The van der Waals surface area contributed by atoms with E-state index in [2.05, 4.69) is 325 Å². The molecule has 0 saturated carbocycles. The lowest BCUT2D eigenvalue weighted by molar-refractivity contribution is 1.18. The summed E-state index contributed by atoms with van der Waals surface area (Å²) in [6.45, 7) is 0. The zero-order chi connectivity index (χ0) is 52.9. The minimum atomic E-state index is 1.14. The molecule has 80 heavy (non-hydrogen) atoms. The molecule has 15 rings (SSSR count). The van der Waals surface area contributed by atoms with Crippen LogP contribution < -0.4 is 0 Å². The van der Waals surface area contributed by atoms with Crippen LogP contribution in [0.4, 0.5) is 0 Å². The molecular weight excluding hydrogens is 965 g/mol. The molecular formula is C78H52N2. The van der Waals surface area contributed by atoms with Gasteiger partial charge in [-0.1, -0.05) is 249 Å². The van der Waals surface area contributed by atoms with Crippen molar-refractivity contribution < 1.29 is 0 Å². The van der Waals surface area contributed by atoms with Crippen LogP contribution in [0.15, 0.2) is 315 Å². The van der Waals surface area contributed by atoms with Crippen LogP contribution in [0.1, 0.15) is 0 Å². The summed E-state index contributed by atoms with van der Waals surface area (Å²) >= 11 is 0. The third-order valence-corrected chi connectivity index (χ3v) is 16.2. The summed E-state index contributed by atoms with van der Waals surface area (Å²) in [6.07, 6.45) is 0. The number of aromatic nitrogens is 2. The van der Waals surface area contributed by atoms with E-state index in [-0.39, 0.29) is 0 Å². The van der Waals surface area contributed by atoms with Crippen LogP contribution in [0.5, 0.6) is 0 Å². The molecule has 13 aromatic carbocycles. The number of hydrogen-bond donors (Lipinski definition) is 0. The first-order valence-electron chi connectivity index (χ1n) is 27.6. The number of rotatable bonds is 10. The van der Waals surface area contributed by atoms with Crippen LogP contribution in [0, 0.1) is 0 Å². The number of benzene rings is 13. The van der Waals surface area contributed by atoms with Crippen molar-refractivity contribution in [3.05, 3.63) is 315 Å². The number of fused-ring (bicyclic) bond motifs is 6. The van der Waals surface area contributed by atoms with Crippen molar-refractivity contribution in [3.63, 3.8) is 0 Å². The Balaban J connectivity index is 0.704. The standard InChI is InChI=1S/C78H52N2/c1-3-18-57(19-4-1)67-28-7-8-29-68(67)65-26-16-24-61(49-65)60-23-15-22-59(48-60)55-40-36-53(37-41-55)54-38-42-56(43-39-54)62-25-17-27-66(50-62)79-75-34-13-10-31-70(75)72-51-63(44-46-77(72)79)64-45-47-78-73(52-64)71-32-11-14-35-76(71)80(78)74-33-12-9-30-69(74)58-20-5-2-6-21-58/h1-52H. The second-order valence-electron chi connectivity index (χ2n) is 20.8. The summed E-state index contributed by atoms with van der Waals surface area (Å²) in [7, 11) is 0. The van der Waals surface area contributed by atoms with E-state index in [0.29, 0.717) is 0 Å². The summed E-state index contributed by atoms with van der Waals surface area (Å²) in [4.78, 5) is 0. The summed E-state index contributed by atoms with van der Waals surface area (Å²) < 4.78 is 4.86. The maximum absolute atomic E-state index is 2.43. The van der Waals surface area contributed by atoms with Gasteiger partial charge in [0.25, 0.3) is 0 Å². The predicted molar refractivity (Wildman–Crippen MR) is 339 cm³/mol. The Morgan fingerprint density at radius 1 is 0.163 bits per heavy atom. The molecule has 0 bridgehead atoms. The Kier molecular flexibility index (Phi) is 11.6. The molecule has 0 aliphatic rings. The van der Waals surface area contributed by atoms with Crippen LogP contribution in [-0.2, 0) is 0 Å². The van der Waals surface area contributed by atoms with Gasteiger partial charge in [-0.15, -0.1) is 0 Å². The molecule has 15 aromatic rings. The minimum absolute atomic E-state index is 1.14. The van der Waals surface area contributed by atoms with E-state index in [4.69, 9.17) is 0 Å². The molecule has 0 radical (unpaired) electrons. The van der Waals surface area contributed by atoms with Gasteiger partial charge < -0.3 is 9.13 Å². The maximum Gasteiger partial charge on any atom is 0.0541 e. The van der Waals surface area contributed by atoms with Crippen LogP contribution in [0.2, 0.25) is 0 Å². The molecule has 0 aliphatic heterocycles. The van der Waals surface area contributed by atoms with Crippen molar-refractivity contribution in [3.8, 4) is 100 Å². The van der Waals surface area contributed by atoms with E-state index in [9.17, 15) is 0 Å². The van der Waals surface area contributed by atoms with E-state index < -0.39 is 0 Å². The highest BCUT2D eigenvalue weighted by Gasteiger charge is 2.19. The zero-order valence-electron chi connectivity index (χ0n) is 43.9.